The van der Waals surface area contributed by atoms with Gasteiger partial charge in [0, 0.05) is 25.6 Å². The van der Waals surface area contributed by atoms with Crippen LogP contribution in [0.5, 0.6) is 11.5 Å². The Kier molecular flexibility index (Phi) is 11.2. The molecule has 1 N–H and O–H groups in total. The fourth-order valence-electron chi connectivity index (χ4n) is 4.34. The average Bonchev–Trinajstić information content (AvgIpc) is 2.96. The molecule has 0 heterocycles. The standard InChI is InChI=1S/C31H39N3O6S/c1-23(2)20-32-31(36)28(18-24-12-8-6-9-13-24)33(21-25-14-10-7-11-15-25)30(35)22-34(41(5,37)38)27-17-16-26(39-3)19-29(27)40-4/h6-17,19,23,28H,18,20-22H2,1-5H3,(H,32,36)/t28-/m1/s1. The second kappa shape index (κ2) is 14.5. The molecule has 220 valence electrons. The van der Waals surface area contributed by atoms with Crippen molar-refractivity contribution in [3.8, 4) is 11.5 Å². The van der Waals surface area contributed by atoms with Crippen molar-refractivity contribution in [1.29, 1.82) is 0 Å². The maximum atomic E-state index is 14.1. The zero-order chi connectivity index (χ0) is 30.0. The van der Waals surface area contributed by atoms with Gasteiger partial charge in [-0.05, 0) is 29.2 Å². The van der Waals surface area contributed by atoms with Crippen molar-refractivity contribution in [3.05, 3.63) is 90.0 Å². The van der Waals surface area contributed by atoms with Gasteiger partial charge in [-0.3, -0.25) is 13.9 Å². The van der Waals surface area contributed by atoms with Crippen LogP contribution in [0.1, 0.15) is 25.0 Å². The third-order valence-electron chi connectivity index (χ3n) is 6.49. The van der Waals surface area contributed by atoms with E-state index < -0.39 is 28.5 Å². The maximum absolute atomic E-state index is 14.1. The summed E-state index contributed by atoms with van der Waals surface area (Å²) in [6.45, 7) is 4.01. The van der Waals surface area contributed by atoms with Gasteiger partial charge in [-0.2, -0.15) is 0 Å². The van der Waals surface area contributed by atoms with Gasteiger partial charge in [0.05, 0.1) is 26.2 Å². The molecule has 2 amide bonds. The Morgan fingerprint density at radius 1 is 0.878 bits per heavy atom. The van der Waals surface area contributed by atoms with Gasteiger partial charge in [-0.25, -0.2) is 8.42 Å². The molecule has 0 aromatic heterocycles. The number of sulfonamides is 1. The second-order valence-electron chi connectivity index (χ2n) is 10.2. The van der Waals surface area contributed by atoms with E-state index in [0.29, 0.717) is 12.3 Å². The molecule has 0 spiro atoms. The smallest absolute Gasteiger partial charge is 0.244 e. The van der Waals surface area contributed by atoms with E-state index >= 15 is 0 Å². The molecular weight excluding hydrogens is 542 g/mol. The number of ether oxygens (including phenoxy) is 2. The molecule has 9 nitrogen and oxygen atoms in total. The van der Waals surface area contributed by atoms with Crippen molar-refractivity contribution >= 4 is 27.5 Å². The first-order valence-electron chi connectivity index (χ1n) is 13.4. The van der Waals surface area contributed by atoms with Crippen LogP contribution in [0.2, 0.25) is 0 Å². The van der Waals surface area contributed by atoms with Gasteiger partial charge >= 0.3 is 0 Å². The first-order valence-corrected chi connectivity index (χ1v) is 15.2. The topological polar surface area (TPSA) is 105 Å². The van der Waals surface area contributed by atoms with E-state index in [1.165, 1.54) is 25.2 Å². The van der Waals surface area contributed by atoms with Crippen molar-refractivity contribution in [2.75, 3.05) is 37.9 Å². The number of anilines is 1. The van der Waals surface area contributed by atoms with Crippen LogP contribution < -0.4 is 19.1 Å². The van der Waals surface area contributed by atoms with Gasteiger partial charge in [0.2, 0.25) is 21.8 Å². The number of amides is 2. The van der Waals surface area contributed by atoms with Gasteiger partial charge in [-0.1, -0.05) is 74.5 Å². The van der Waals surface area contributed by atoms with Crippen LogP contribution in [0.4, 0.5) is 5.69 Å². The van der Waals surface area contributed by atoms with Gasteiger partial charge in [0.15, 0.2) is 0 Å². The van der Waals surface area contributed by atoms with Gasteiger partial charge in [0.25, 0.3) is 0 Å². The first-order chi connectivity index (χ1) is 19.5. The van der Waals surface area contributed by atoms with Crippen molar-refractivity contribution < 1.29 is 27.5 Å². The maximum Gasteiger partial charge on any atom is 0.244 e. The summed E-state index contributed by atoms with van der Waals surface area (Å²) < 4.78 is 37.8. The molecule has 41 heavy (non-hydrogen) atoms. The molecule has 0 fully saturated rings. The number of carbonyl (C=O) groups is 2. The molecule has 0 bridgehead atoms. The van der Waals surface area contributed by atoms with E-state index in [9.17, 15) is 18.0 Å². The molecule has 0 aliphatic heterocycles. The van der Waals surface area contributed by atoms with Crippen molar-refractivity contribution in [1.82, 2.24) is 10.2 Å². The van der Waals surface area contributed by atoms with E-state index in [4.69, 9.17) is 9.47 Å². The summed E-state index contributed by atoms with van der Waals surface area (Å²) in [6, 6.07) is 22.6. The zero-order valence-corrected chi connectivity index (χ0v) is 25.1. The van der Waals surface area contributed by atoms with Crippen molar-refractivity contribution in [2.45, 2.75) is 32.9 Å². The number of benzene rings is 3. The number of nitrogens with zero attached hydrogens (tertiary/aromatic N) is 2. The van der Waals surface area contributed by atoms with Crippen LogP contribution in [-0.4, -0.2) is 64.7 Å². The summed E-state index contributed by atoms with van der Waals surface area (Å²) in [4.78, 5) is 29.3. The number of hydrogen-bond donors (Lipinski definition) is 1. The summed E-state index contributed by atoms with van der Waals surface area (Å²) in [5.74, 6) is 0.0731. The Bertz CT molecular complexity index is 1400. The molecule has 0 aliphatic rings. The summed E-state index contributed by atoms with van der Waals surface area (Å²) in [5, 5.41) is 2.97. The fraction of sp³-hybridized carbons (Fsp3) is 0.355. The highest BCUT2D eigenvalue weighted by atomic mass is 32.2. The highest BCUT2D eigenvalue weighted by Crippen LogP contribution is 2.33. The first kappa shape index (κ1) is 31.5. The lowest BCUT2D eigenvalue weighted by atomic mass is 10.0. The van der Waals surface area contributed by atoms with E-state index in [0.717, 1.165) is 21.7 Å². The Hall–Kier alpha value is -4.05. The molecule has 3 aromatic carbocycles. The van der Waals surface area contributed by atoms with Gasteiger partial charge in [-0.15, -0.1) is 0 Å². The minimum atomic E-state index is -3.93. The lowest BCUT2D eigenvalue weighted by Crippen LogP contribution is -2.53. The Labute approximate surface area is 243 Å². The van der Waals surface area contributed by atoms with Crippen LogP contribution in [0.25, 0.3) is 0 Å². The molecule has 0 aliphatic carbocycles. The number of nitrogens with one attached hydrogen (secondary N) is 1. The van der Waals surface area contributed by atoms with Crippen LogP contribution in [0, 0.1) is 5.92 Å². The molecular formula is C31H39N3O6S. The van der Waals surface area contributed by atoms with Crippen molar-refractivity contribution in [3.63, 3.8) is 0 Å². The minimum Gasteiger partial charge on any atom is -0.497 e. The van der Waals surface area contributed by atoms with Crippen LogP contribution in [-0.2, 0) is 32.6 Å². The van der Waals surface area contributed by atoms with E-state index in [1.54, 1.807) is 12.1 Å². The summed E-state index contributed by atoms with van der Waals surface area (Å²) in [7, 11) is -1.03. The predicted octanol–water partition coefficient (Wildman–Crippen LogP) is 3.88. The summed E-state index contributed by atoms with van der Waals surface area (Å²) >= 11 is 0. The summed E-state index contributed by atoms with van der Waals surface area (Å²) in [5.41, 5.74) is 1.87. The van der Waals surface area contributed by atoms with E-state index in [-0.39, 0.29) is 36.2 Å². The Balaban J connectivity index is 2.06. The second-order valence-corrected chi connectivity index (χ2v) is 12.1. The fourth-order valence-corrected chi connectivity index (χ4v) is 5.20. The lowest BCUT2D eigenvalue weighted by Gasteiger charge is -2.34. The lowest BCUT2D eigenvalue weighted by molar-refractivity contribution is -0.140. The summed E-state index contributed by atoms with van der Waals surface area (Å²) in [6.07, 6.45) is 1.29. The zero-order valence-electron chi connectivity index (χ0n) is 24.2. The SMILES string of the molecule is COc1ccc(N(CC(=O)N(Cc2ccccc2)[C@H](Cc2ccccc2)C(=O)NCC(C)C)S(C)(=O)=O)c(OC)c1. The van der Waals surface area contributed by atoms with Gasteiger partial charge < -0.3 is 19.7 Å². The number of hydrogen-bond acceptors (Lipinski definition) is 6. The molecule has 3 rings (SSSR count). The van der Waals surface area contributed by atoms with E-state index in [2.05, 4.69) is 5.32 Å². The predicted molar refractivity (Wildman–Crippen MR) is 161 cm³/mol. The molecule has 1 atom stereocenters. The molecule has 10 heteroatoms. The number of rotatable bonds is 14. The largest absolute Gasteiger partial charge is 0.497 e. The molecule has 0 saturated carbocycles. The van der Waals surface area contributed by atoms with Crippen LogP contribution >= 0.6 is 0 Å². The van der Waals surface area contributed by atoms with Crippen LogP contribution in [0.15, 0.2) is 78.9 Å². The number of carbonyl (C=O) groups excluding carboxylic acids is 2. The normalized spacial score (nSPS) is 12.0. The third kappa shape index (κ3) is 8.97. The van der Waals surface area contributed by atoms with Crippen molar-refractivity contribution in [2.24, 2.45) is 5.92 Å². The molecule has 0 saturated heterocycles. The third-order valence-corrected chi connectivity index (χ3v) is 7.61. The highest BCUT2D eigenvalue weighted by Gasteiger charge is 2.33. The monoisotopic (exact) mass is 581 g/mol. The highest BCUT2D eigenvalue weighted by molar-refractivity contribution is 7.92. The van der Waals surface area contributed by atoms with E-state index in [1.807, 2.05) is 74.5 Å². The average molecular weight is 582 g/mol. The molecule has 3 aromatic rings. The van der Waals surface area contributed by atoms with Gasteiger partial charge in [0.1, 0.15) is 24.1 Å². The molecule has 0 radical (unpaired) electrons. The Morgan fingerprint density at radius 3 is 2.02 bits per heavy atom. The quantitative estimate of drug-likeness (QED) is 0.310. The van der Waals surface area contributed by atoms with Crippen LogP contribution in [0.3, 0.4) is 0 Å². The number of methoxy groups -OCH3 is 2. The minimum absolute atomic E-state index is 0.115. The molecule has 0 unspecified atom stereocenters. The Morgan fingerprint density at radius 2 is 1.49 bits per heavy atom.